The first kappa shape index (κ1) is 17.8. The standard InChI is InChI=1S/C18H20N4O.CH4/c19-10-15-14(11-5-7-12(20)8-6-11)9-16(22-18(15)21)13-3-1-2-4-17(13)23;/h1-4,9,11-12,23H,5-8,20H2,(H2,21,22);1H4. The van der Waals surface area contributed by atoms with Crippen molar-refractivity contribution in [3.8, 4) is 23.1 Å². The van der Waals surface area contributed by atoms with Gasteiger partial charge in [-0.05, 0) is 55.4 Å². The van der Waals surface area contributed by atoms with Gasteiger partial charge in [-0.25, -0.2) is 4.98 Å². The van der Waals surface area contributed by atoms with Crippen LogP contribution in [0, 0.1) is 11.3 Å². The third-order valence-electron chi connectivity index (χ3n) is 4.58. The Morgan fingerprint density at radius 1 is 1.17 bits per heavy atom. The van der Waals surface area contributed by atoms with Crippen molar-refractivity contribution in [2.75, 3.05) is 5.73 Å². The van der Waals surface area contributed by atoms with E-state index in [4.69, 9.17) is 11.5 Å². The van der Waals surface area contributed by atoms with E-state index < -0.39 is 0 Å². The molecule has 3 rings (SSSR count). The van der Waals surface area contributed by atoms with Crippen molar-refractivity contribution in [2.24, 2.45) is 5.73 Å². The summed E-state index contributed by atoms with van der Waals surface area (Å²) >= 11 is 0. The van der Waals surface area contributed by atoms with Gasteiger partial charge in [0.25, 0.3) is 0 Å². The van der Waals surface area contributed by atoms with Gasteiger partial charge in [-0.15, -0.1) is 0 Å². The number of nitrogens with two attached hydrogens (primary N) is 2. The van der Waals surface area contributed by atoms with Crippen LogP contribution in [0.4, 0.5) is 5.82 Å². The normalized spacial score (nSPS) is 20.0. The molecule has 2 aromatic rings. The van der Waals surface area contributed by atoms with E-state index in [1.807, 2.05) is 12.1 Å². The smallest absolute Gasteiger partial charge is 0.142 e. The molecule has 5 N–H and O–H groups in total. The molecule has 0 unspecified atom stereocenters. The van der Waals surface area contributed by atoms with Crippen molar-refractivity contribution >= 4 is 5.82 Å². The predicted octanol–water partition coefficient (Wildman–Crippen LogP) is 3.53. The minimum Gasteiger partial charge on any atom is -0.507 e. The first-order valence-electron chi connectivity index (χ1n) is 7.84. The fourth-order valence-corrected chi connectivity index (χ4v) is 3.29. The number of phenolic OH excluding ortho intramolecular Hbond substituents is 1. The molecule has 1 aromatic carbocycles. The largest absolute Gasteiger partial charge is 0.507 e. The van der Waals surface area contributed by atoms with E-state index >= 15 is 0 Å². The van der Waals surface area contributed by atoms with Crippen LogP contribution in [0.2, 0.25) is 0 Å². The summed E-state index contributed by atoms with van der Waals surface area (Å²) in [5, 5.41) is 19.5. The van der Waals surface area contributed by atoms with Crippen LogP contribution in [0.15, 0.2) is 30.3 Å². The van der Waals surface area contributed by atoms with Crippen molar-refractivity contribution in [2.45, 2.75) is 45.1 Å². The third-order valence-corrected chi connectivity index (χ3v) is 4.58. The number of rotatable bonds is 2. The number of hydrogen-bond acceptors (Lipinski definition) is 5. The fourth-order valence-electron chi connectivity index (χ4n) is 3.29. The van der Waals surface area contributed by atoms with E-state index in [0.717, 1.165) is 31.2 Å². The number of nitrogen functional groups attached to an aromatic ring is 1. The topological polar surface area (TPSA) is 109 Å². The number of phenols is 1. The van der Waals surface area contributed by atoms with Crippen molar-refractivity contribution in [3.63, 3.8) is 0 Å². The number of pyridine rings is 1. The lowest BCUT2D eigenvalue weighted by atomic mass is 9.80. The highest BCUT2D eigenvalue weighted by atomic mass is 16.3. The molecule has 0 spiro atoms. The van der Waals surface area contributed by atoms with Crippen LogP contribution in [0.5, 0.6) is 5.75 Å². The molecule has 0 atom stereocenters. The highest BCUT2D eigenvalue weighted by molar-refractivity contribution is 5.71. The van der Waals surface area contributed by atoms with E-state index in [0.29, 0.717) is 16.8 Å². The molecule has 1 aliphatic rings. The van der Waals surface area contributed by atoms with Gasteiger partial charge in [0.2, 0.25) is 0 Å². The van der Waals surface area contributed by atoms with Crippen LogP contribution in [0.3, 0.4) is 0 Å². The predicted molar refractivity (Wildman–Crippen MR) is 96.4 cm³/mol. The van der Waals surface area contributed by atoms with Crippen LogP contribution in [-0.2, 0) is 0 Å². The van der Waals surface area contributed by atoms with Gasteiger partial charge >= 0.3 is 0 Å². The van der Waals surface area contributed by atoms with Gasteiger partial charge in [-0.3, -0.25) is 0 Å². The van der Waals surface area contributed by atoms with Gasteiger partial charge in [0.1, 0.15) is 17.6 Å². The number of benzene rings is 1. The number of aromatic hydroxyl groups is 1. The quantitative estimate of drug-likeness (QED) is 0.783. The number of para-hydroxylation sites is 1. The summed E-state index contributed by atoms with van der Waals surface area (Å²) in [6.45, 7) is 0. The number of anilines is 1. The maximum atomic E-state index is 10.1. The van der Waals surface area contributed by atoms with Crippen molar-refractivity contribution in [1.29, 1.82) is 5.26 Å². The minimum absolute atomic E-state index is 0. The number of nitrogens with zero attached hydrogens (tertiary/aromatic N) is 2. The summed E-state index contributed by atoms with van der Waals surface area (Å²) in [6.07, 6.45) is 3.78. The molecular weight excluding hydrogens is 300 g/mol. The van der Waals surface area contributed by atoms with E-state index in [1.54, 1.807) is 18.2 Å². The molecule has 0 saturated heterocycles. The van der Waals surface area contributed by atoms with Crippen LogP contribution < -0.4 is 11.5 Å². The van der Waals surface area contributed by atoms with Gasteiger partial charge in [0, 0.05) is 11.6 Å². The minimum atomic E-state index is 0. The van der Waals surface area contributed by atoms with Crippen LogP contribution in [-0.4, -0.2) is 16.1 Å². The summed E-state index contributed by atoms with van der Waals surface area (Å²) in [5.41, 5.74) is 14.6. The van der Waals surface area contributed by atoms with Gasteiger partial charge in [-0.1, -0.05) is 19.6 Å². The molecule has 0 amide bonds. The Labute approximate surface area is 142 Å². The lowest BCUT2D eigenvalue weighted by Gasteiger charge is -2.27. The second-order valence-electron chi connectivity index (χ2n) is 6.10. The zero-order valence-electron chi connectivity index (χ0n) is 12.9. The lowest BCUT2D eigenvalue weighted by molar-refractivity contribution is 0.395. The van der Waals surface area contributed by atoms with Crippen LogP contribution in [0.25, 0.3) is 11.3 Å². The molecule has 1 heterocycles. The summed E-state index contributed by atoms with van der Waals surface area (Å²) < 4.78 is 0. The molecule has 24 heavy (non-hydrogen) atoms. The van der Waals surface area contributed by atoms with Crippen molar-refractivity contribution in [1.82, 2.24) is 4.98 Å². The zero-order valence-corrected chi connectivity index (χ0v) is 12.9. The summed E-state index contributed by atoms with van der Waals surface area (Å²) in [4.78, 5) is 4.32. The second kappa shape index (κ2) is 7.33. The van der Waals surface area contributed by atoms with Gasteiger partial charge in [0.15, 0.2) is 0 Å². The van der Waals surface area contributed by atoms with Gasteiger partial charge in [0.05, 0.1) is 11.3 Å². The number of aromatic nitrogens is 1. The molecule has 1 aromatic heterocycles. The molecule has 0 bridgehead atoms. The summed E-state index contributed by atoms with van der Waals surface area (Å²) in [7, 11) is 0. The summed E-state index contributed by atoms with van der Waals surface area (Å²) in [5.74, 6) is 0.637. The Morgan fingerprint density at radius 2 is 1.83 bits per heavy atom. The van der Waals surface area contributed by atoms with E-state index in [2.05, 4.69) is 11.1 Å². The fraction of sp³-hybridized carbons (Fsp3) is 0.368. The molecule has 0 aliphatic heterocycles. The second-order valence-corrected chi connectivity index (χ2v) is 6.10. The highest BCUT2D eigenvalue weighted by Gasteiger charge is 2.24. The maximum absolute atomic E-state index is 10.1. The molecule has 1 fully saturated rings. The van der Waals surface area contributed by atoms with Gasteiger partial charge < -0.3 is 16.6 Å². The Morgan fingerprint density at radius 3 is 2.46 bits per heavy atom. The SMILES string of the molecule is C.N#Cc1c(C2CCC(N)CC2)cc(-c2ccccc2O)nc1N. The van der Waals surface area contributed by atoms with Crippen LogP contribution >= 0.6 is 0 Å². The summed E-state index contributed by atoms with van der Waals surface area (Å²) in [6, 6.07) is 11.3. The molecular formula is C19H24N4O. The zero-order chi connectivity index (χ0) is 16.4. The number of hydrogen-bond donors (Lipinski definition) is 3. The highest BCUT2D eigenvalue weighted by Crippen LogP contribution is 2.38. The Balaban J connectivity index is 0.00000208. The van der Waals surface area contributed by atoms with Crippen molar-refractivity contribution in [3.05, 3.63) is 41.5 Å². The third kappa shape index (κ3) is 3.34. The van der Waals surface area contributed by atoms with Gasteiger partial charge in [-0.2, -0.15) is 5.26 Å². The van der Waals surface area contributed by atoms with Crippen molar-refractivity contribution < 1.29 is 5.11 Å². The first-order valence-corrected chi connectivity index (χ1v) is 7.84. The number of nitriles is 1. The van der Waals surface area contributed by atoms with E-state index in [1.165, 1.54) is 0 Å². The Bertz CT molecular complexity index is 758. The monoisotopic (exact) mass is 324 g/mol. The molecule has 5 heteroatoms. The Kier molecular flexibility index (Phi) is 5.42. The Hall–Kier alpha value is -2.58. The molecule has 1 saturated carbocycles. The average molecular weight is 324 g/mol. The first-order chi connectivity index (χ1) is 11.1. The molecule has 5 nitrogen and oxygen atoms in total. The lowest BCUT2D eigenvalue weighted by Crippen LogP contribution is -2.26. The molecule has 1 aliphatic carbocycles. The van der Waals surface area contributed by atoms with E-state index in [-0.39, 0.29) is 31.0 Å². The molecule has 126 valence electrons. The average Bonchev–Trinajstić information content (AvgIpc) is 2.55. The maximum Gasteiger partial charge on any atom is 0.142 e. The van der Waals surface area contributed by atoms with Crippen LogP contribution in [0.1, 0.15) is 50.2 Å². The molecule has 0 radical (unpaired) electrons. The van der Waals surface area contributed by atoms with E-state index in [9.17, 15) is 10.4 Å².